The zero-order valence-electron chi connectivity index (χ0n) is 13.0. The van der Waals surface area contributed by atoms with Crippen LogP contribution in [0.5, 0.6) is 0 Å². The molecule has 6 heteroatoms. The number of piperazine rings is 1. The van der Waals surface area contributed by atoms with E-state index in [9.17, 15) is 0 Å². The van der Waals surface area contributed by atoms with Crippen LogP contribution in [0.4, 0.5) is 17.6 Å². The van der Waals surface area contributed by atoms with E-state index in [1.165, 1.54) is 25.8 Å². The van der Waals surface area contributed by atoms with Gasteiger partial charge in [-0.3, -0.25) is 4.90 Å². The van der Waals surface area contributed by atoms with Gasteiger partial charge in [0.25, 0.3) is 0 Å². The first-order valence-corrected chi connectivity index (χ1v) is 8.06. The molecule has 2 atom stereocenters. The maximum Gasteiger partial charge on any atom is 0.223 e. The Morgan fingerprint density at radius 2 is 2.19 bits per heavy atom. The molecule has 0 amide bonds. The quantitative estimate of drug-likeness (QED) is 0.880. The Labute approximate surface area is 126 Å². The highest BCUT2D eigenvalue weighted by Gasteiger charge is 2.33. The van der Waals surface area contributed by atoms with Crippen LogP contribution >= 0.6 is 0 Å². The highest BCUT2D eigenvalue weighted by atomic mass is 15.3. The zero-order valence-corrected chi connectivity index (χ0v) is 13.0. The lowest BCUT2D eigenvalue weighted by molar-refractivity contribution is 0.115. The monoisotopic (exact) mass is 290 g/mol. The molecule has 2 aliphatic heterocycles. The number of aromatic nitrogens is 2. The molecule has 116 valence electrons. The van der Waals surface area contributed by atoms with Crippen molar-refractivity contribution >= 4 is 17.6 Å². The van der Waals surface area contributed by atoms with Gasteiger partial charge in [0.2, 0.25) is 5.95 Å². The molecule has 0 radical (unpaired) electrons. The summed E-state index contributed by atoms with van der Waals surface area (Å²) >= 11 is 0. The standard InChI is InChI=1S/C15H26N6/c1-3-17-13-8-14(19-15(16)18-13)21-10-12-6-4-5-7-20(12)9-11(21)2/h8,11-12H,3-7,9-10H2,1-2H3,(H3,16,17,18,19). The van der Waals surface area contributed by atoms with E-state index >= 15 is 0 Å². The van der Waals surface area contributed by atoms with E-state index in [1.54, 1.807) is 0 Å². The molecular weight excluding hydrogens is 264 g/mol. The van der Waals surface area contributed by atoms with Gasteiger partial charge in [-0.1, -0.05) is 6.42 Å². The minimum Gasteiger partial charge on any atom is -0.370 e. The fourth-order valence-corrected chi connectivity index (χ4v) is 3.54. The van der Waals surface area contributed by atoms with Gasteiger partial charge in [-0.15, -0.1) is 0 Å². The first-order valence-electron chi connectivity index (χ1n) is 8.06. The molecule has 0 aromatic carbocycles. The van der Waals surface area contributed by atoms with Gasteiger partial charge in [-0.2, -0.15) is 9.97 Å². The minimum atomic E-state index is 0.349. The molecule has 0 aliphatic carbocycles. The van der Waals surface area contributed by atoms with Crippen LogP contribution in [0.25, 0.3) is 0 Å². The minimum absolute atomic E-state index is 0.349. The van der Waals surface area contributed by atoms with Crippen molar-refractivity contribution in [2.45, 2.75) is 45.2 Å². The average Bonchev–Trinajstić information content (AvgIpc) is 2.46. The zero-order chi connectivity index (χ0) is 14.8. The van der Waals surface area contributed by atoms with Gasteiger partial charge in [-0.25, -0.2) is 0 Å². The topological polar surface area (TPSA) is 70.3 Å². The molecule has 0 bridgehead atoms. The number of piperidine rings is 1. The summed E-state index contributed by atoms with van der Waals surface area (Å²) in [6.45, 7) is 8.57. The van der Waals surface area contributed by atoms with E-state index in [0.717, 1.165) is 31.3 Å². The number of hydrogen-bond donors (Lipinski definition) is 2. The van der Waals surface area contributed by atoms with E-state index in [1.807, 2.05) is 6.07 Å². The summed E-state index contributed by atoms with van der Waals surface area (Å²) in [7, 11) is 0. The number of rotatable bonds is 3. The SMILES string of the molecule is CCNc1cc(N2CC3CCCCN3CC2C)nc(N)n1. The number of nitrogens with two attached hydrogens (primary N) is 1. The van der Waals surface area contributed by atoms with Gasteiger partial charge < -0.3 is 16.0 Å². The third-order valence-electron chi connectivity index (χ3n) is 4.57. The lowest BCUT2D eigenvalue weighted by Crippen LogP contribution is -2.59. The number of nitrogen functional groups attached to an aromatic ring is 1. The van der Waals surface area contributed by atoms with Gasteiger partial charge >= 0.3 is 0 Å². The van der Waals surface area contributed by atoms with Crippen LogP contribution in [0, 0.1) is 0 Å². The van der Waals surface area contributed by atoms with Crippen LogP contribution < -0.4 is 16.0 Å². The molecule has 0 saturated carbocycles. The molecule has 1 aromatic heterocycles. The van der Waals surface area contributed by atoms with E-state index in [-0.39, 0.29) is 0 Å². The third kappa shape index (κ3) is 3.05. The molecule has 3 N–H and O–H groups in total. The largest absolute Gasteiger partial charge is 0.370 e. The summed E-state index contributed by atoms with van der Waals surface area (Å²) in [6, 6.07) is 3.14. The van der Waals surface area contributed by atoms with Crippen LogP contribution in [0.2, 0.25) is 0 Å². The summed E-state index contributed by atoms with van der Waals surface area (Å²) < 4.78 is 0. The maximum atomic E-state index is 5.87. The molecule has 2 fully saturated rings. The van der Waals surface area contributed by atoms with Crippen LogP contribution in [0.15, 0.2) is 6.07 Å². The Morgan fingerprint density at radius 1 is 1.33 bits per heavy atom. The van der Waals surface area contributed by atoms with Crippen molar-refractivity contribution in [2.24, 2.45) is 0 Å². The van der Waals surface area contributed by atoms with E-state index in [0.29, 0.717) is 18.0 Å². The van der Waals surface area contributed by atoms with Crippen molar-refractivity contribution in [2.75, 3.05) is 42.1 Å². The molecule has 1 aromatic rings. The molecule has 21 heavy (non-hydrogen) atoms. The normalized spacial score (nSPS) is 26.5. The second-order valence-corrected chi connectivity index (χ2v) is 6.15. The van der Waals surface area contributed by atoms with Crippen LogP contribution in [0.3, 0.4) is 0 Å². The molecule has 2 saturated heterocycles. The van der Waals surface area contributed by atoms with Gasteiger partial charge in [0, 0.05) is 37.8 Å². The summed E-state index contributed by atoms with van der Waals surface area (Å²) in [5.41, 5.74) is 5.87. The Morgan fingerprint density at radius 3 is 3.00 bits per heavy atom. The Kier molecular flexibility index (Phi) is 4.14. The fourth-order valence-electron chi connectivity index (χ4n) is 3.54. The van der Waals surface area contributed by atoms with Crippen molar-refractivity contribution in [1.29, 1.82) is 0 Å². The molecule has 2 aliphatic rings. The molecule has 3 heterocycles. The van der Waals surface area contributed by atoms with Crippen molar-refractivity contribution in [1.82, 2.24) is 14.9 Å². The molecular formula is C15H26N6. The predicted molar refractivity (Wildman–Crippen MR) is 86.6 cm³/mol. The van der Waals surface area contributed by atoms with Gasteiger partial charge in [0.1, 0.15) is 11.6 Å². The first-order chi connectivity index (χ1) is 10.2. The fraction of sp³-hybridized carbons (Fsp3) is 0.733. The Bertz CT molecular complexity index is 491. The van der Waals surface area contributed by atoms with Crippen molar-refractivity contribution < 1.29 is 0 Å². The molecule has 3 rings (SSSR count). The van der Waals surface area contributed by atoms with Gasteiger partial charge in [0.05, 0.1) is 0 Å². The van der Waals surface area contributed by atoms with Crippen molar-refractivity contribution in [3.8, 4) is 0 Å². The van der Waals surface area contributed by atoms with Gasteiger partial charge in [0.15, 0.2) is 0 Å². The second kappa shape index (κ2) is 6.05. The number of nitrogens with zero attached hydrogens (tertiary/aromatic N) is 4. The summed E-state index contributed by atoms with van der Waals surface area (Å²) in [4.78, 5) is 13.7. The number of nitrogens with one attached hydrogen (secondary N) is 1. The van der Waals surface area contributed by atoms with Crippen molar-refractivity contribution in [3.05, 3.63) is 6.07 Å². The van der Waals surface area contributed by atoms with Crippen LogP contribution in [-0.2, 0) is 0 Å². The van der Waals surface area contributed by atoms with Gasteiger partial charge in [-0.05, 0) is 33.2 Å². The molecule has 0 spiro atoms. The van der Waals surface area contributed by atoms with Crippen LogP contribution in [0.1, 0.15) is 33.1 Å². The number of fused-ring (bicyclic) bond motifs is 1. The average molecular weight is 290 g/mol. The number of hydrogen-bond acceptors (Lipinski definition) is 6. The predicted octanol–water partition coefficient (Wildman–Crippen LogP) is 1.55. The van der Waals surface area contributed by atoms with E-state index < -0.39 is 0 Å². The first kappa shape index (κ1) is 14.4. The number of anilines is 3. The lowest BCUT2D eigenvalue weighted by Gasteiger charge is -2.48. The lowest BCUT2D eigenvalue weighted by atomic mass is 9.97. The van der Waals surface area contributed by atoms with E-state index in [4.69, 9.17) is 5.73 Å². The highest BCUT2D eigenvalue weighted by molar-refractivity contribution is 5.53. The second-order valence-electron chi connectivity index (χ2n) is 6.15. The third-order valence-corrected chi connectivity index (χ3v) is 4.57. The summed E-state index contributed by atoms with van der Waals surface area (Å²) in [5, 5.41) is 3.23. The Balaban J connectivity index is 1.82. The molecule has 6 nitrogen and oxygen atoms in total. The van der Waals surface area contributed by atoms with E-state index in [2.05, 4.69) is 38.9 Å². The highest BCUT2D eigenvalue weighted by Crippen LogP contribution is 2.28. The summed E-state index contributed by atoms with van der Waals surface area (Å²) in [5.74, 6) is 2.12. The smallest absolute Gasteiger partial charge is 0.223 e. The Hall–Kier alpha value is -1.56. The van der Waals surface area contributed by atoms with Crippen LogP contribution in [-0.4, -0.2) is 53.1 Å². The summed E-state index contributed by atoms with van der Waals surface area (Å²) in [6.07, 6.45) is 3.98. The van der Waals surface area contributed by atoms with Crippen molar-refractivity contribution in [3.63, 3.8) is 0 Å². The molecule has 2 unspecified atom stereocenters. The maximum absolute atomic E-state index is 5.87.